The summed E-state index contributed by atoms with van der Waals surface area (Å²) in [6.45, 7) is 0.495. The molecular weight excluding hydrogens is 232 g/mol. The van der Waals surface area contributed by atoms with Crippen molar-refractivity contribution in [2.24, 2.45) is 7.05 Å². The van der Waals surface area contributed by atoms with Crippen LogP contribution in [0.15, 0.2) is 35.3 Å². The van der Waals surface area contributed by atoms with Gasteiger partial charge in [-0.25, -0.2) is 0 Å². The Morgan fingerprint density at radius 1 is 1.44 bits per heavy atom. The van der Waals surface area contributed by atoms with E-state index in [0.29, 0.717) is 13.0 Å². The maximum Gasteiger partial charge on any atom is 0.267 e. The summed E-state index contributed by atoms with van der Waals surface area (Å²) in [5, 5.41) is 6.78. The van der Waals surface area contributed by atoms with Crippen molar-refractivity contribution in [3.05, 3.63) is 52.2 Å². The van der Waals surface area contributed by atoms with Gasteiger partial charge in [-0.1, -0.05) is 6.07 Å². The van der Waals surface area contributed by atoms with Gasteiger partial charge in [-0.15, -0.1) is 0 Å². The predicted molar refractivity (Wildman–Crippen MR) is 66.3 cm³/mol. The lowest BCUT2D eigenvalue weighted by Crippen LogP contribution is -2.28. The Hall–Kier alpha value is -2.37. The number of aromatic amines is 1. The third-order valence-electron chi connectivity index (χ3n) is 2.60. The third kappa shape index (κ3) is 2.85. The van der Waals surface area contributed by atoms with E-state index in [1.165, 1.54) is 6.07 Å². The molecule has 94 valence electrons. The summed E-state index contributed by atoms with van der Waals surface area (Å²) < 4.78 is 1.76. The van der Waals surface area contributed by atoms with Crippen molar-refractivity contribution < 1.29 is 4.79 Å². The molecule has 2 aromatic heterocycles. The molecule has 6 nitrogen and oxygen atoms in total. The number of carbonyl (C=O) groups is 1. The lowest BCUT2D eigenvalue weighted by Gasteiger charge is -2.05. The van der Waals surface area contributed by atoms with Crippen LogP contribution in [0.5, 0.6) is 0 Å². The molecular formula is C12H14N4O2. The van der Waals surface area contributed by atoms with E-state index in [0.717, 1.165) is 5.69 Å². The van der Waals surface area contributed by atoms with Gasteiger partial charge in [-0.3, -0.25) is 14.3 Å². The van der Waals surface area contributed by atoms with Gasteiger partial charge in [0.25, 0.3) is 5.91 Å². The smallest absolute Gasteiger partial charge is 0.267 e. The molecule has 0 saturated carbocycles. The number of H-pyrrole nitrogens is 1. The van der Waals surface area contributed by atoms with Gasteiger partial charge < -0.3 is 10.3 Å². The van der Waals surface area contributed by atoms with Crippen molar-refractivity contribution >= 4 is 5.91 Å². The number of aryl methyl sites for hydroxylation is 1. The lowest BCUT2D eigenvalue weighted by atomic mass is 10.3. The maximum absolute atomic E-state index is 11.7. The second kappa shape index (κ2) is 5.31. The number of pyridine rings is 1. The molecule has 1 amide bonds. The summed E-state index contributed by atoms with van der Waals surface area (Å²) in [5.74, 6) is -0.283. The fourth-order valence-corrected chi connectivity index (χ4v) is 1.63. The second-order valence-corrected chi connectivity index (χ2v) is 3.88. The van der Waals surface area contributed by atoms with E-state index in [2.05, 4.69) is 15.4 Å². The van der Waals surface area contributed by atoms with Gasteiger partial charge in [0.15, 0.2) is 0 Å². The molecule has 0 aliphatic rings. The molecule has 0 aliphatic heterocycles. The average molecular weight is 246 g/mol. The fraction of sp³-hybridized carbons (Fsp3) is 0.250. The summed E-state index contributed by atoms with van der Waals surface area (Å²) >= 11 is 0. The SMILES string of the molecule is Cn1nccc1CCNC(=O)c1cccc(=O)[nH]1. The summed E-state index contributed by atoms with van der Waals surface area (Å²) in [4.78, 5) is 25.2. The first-order chi connectivity index (χ1) is 8.66. The van der Waals surface area contributed by atoms with Gasteiger partial charge in [0.1, 0.15) is 5.69 Å². The van der Waals surface area contributed by atoms with Gasteiger partial charge >= 0.3 is 0 Å². The lowest BCUT2D eigenvalue weighted by molar-refractivity contribution is 0.0948. The Bertz CT molecular complexity index is 600. The Labute approximate surface area is 104 Å². The van der Waals surface area contributed by atoms with E-state index in [4.69, 9.17) is 0 Å². The average Bonchev–Trinajstić information content (AvgIpc) is 2.75. The standard InChI is InChI=1S/C12H14N4O2/c1-16-9(6-8-14-16)5-7-13-12(18)10-3-2-4-11(17)15-10/h2-4,6,8H,5,7H2,1H3,(H,13,18)(H,15,17). The van der Waals surface area contributed by atoms with Gasteiger partial charge in [-0.05, 0) is 12.1 Å². The largest absolute Gasteiger partial charge is 0.350 e. The Balaban J connectivity index is 1.89. The highest BCUT2D eigenvalue weighted by Crippen LogP contribution is 1.96. The summed E-state index contributed by atoms with van der Waals surface area (Å²) in [6.07, 6.45) is 2.41. The molecule has 0 unspecified atom stereocenters. The van der Waals surface area contributed by atoms with Crippen LogP contribution >= 0.6 is 0 Å². The number of hydrogen-bond acceptors (Lipinski definition) is 3. The van der Waals surface area contributed by atoms with Crippen LogP contribution < -0.4 is 10.9 Å². The highest BCUT2D eigenvalue weighted by molar-refractivity contribution is 5.92. The van der Waals surface area contributed by atoms with Gasteiger partial charge in [0.2, 0.25) is 5.56 Å². The molecule has 2 aromatic rings. The van der Waals surface area contributed by atoms with Gasteiger partial charge in [0, 0.05) is 38.0 Å². The van der Waals surface area contributed by atoms with E-state index in [9.17, 15) is 9.59 Å². The first-order valence-electron chi connectivity index (χ1n) is 5.61. The molecule has 0 fully saturated rings. The summed E-state index contributed by atoms with van der Waals surface area (Å²) in [6, 6.07) is 6.39. The zero-order valence-corrected chi connectivity index (χ0v) is 10.0. The zero-order chi connectivity index (χ0) is 13.0. The van der Waals surface area contributed by atoms with Crippen LogP contribution in [-0.2, 0) is 13.5 Å². The molecule has 2 heterocycles. The molecule has 2 rings (SSSR count). The molecule has 0 spiro atoms. The van der Waals surface area contributed by atoms with Crippen molar-refractivity contribution in [3.63, 3.8) is 0 Å². The van der Waals surface area contributed by atoms with E-state index in [-0.39, 0.29) is 17.2 Å². The van der Waals surface area contributed by atoms with Crippen molar-refractivity contribution in [3.8, 4) is 0 Å². The summed E-state index contributed by atoms with van der Waals surface area (Å²) in [7, 11) is 1.85. The van der Waals surface area contributed by atoms with Crippen LogP contribution in [-0.4, -0.2) is 27.2 Å². The number of nitrogens with zero attached hydrogens (tertiary/aromatic N) is 2. The highest BCUT2D eigenvalue weighted by atomic mass is 16.2. The Morgan fingerprint density at radius 3 is 2.94 bits per heavy atom. The number of aromatic nitrogens is 3. The number of amides is 1. The first-order valence-corrected chi connectivity index (χ1v) is 5.61. The minimum Gasteiger partial charge on any atom is -0.350 e. The molecule has 0 aliphatic carbocycles. The number of nitrogens with one attached hydrogen (secondary N) is 2. The topological polar surface area (TPSA) is 79.8 Å². The van der Waals surface area contributed by atoms with E-state index >= 15 is 0 Å². The highest BCUT2D eigenvalue weighted by Gasteiger charge is 2.05. The number of carbonyl (C=O) groups excluding carboxylic acids is 1. The van der Waals surface area contributed by atoms with Crippen LogP contribution in [0.1, 0.15) is 16.2 Å². The molecule has 2 N–H and O–H groups in total. The second-order valence-electron chi connectivity index (χ2n) is 3.88. The number of hydrogen-bond donors (Lipinski definition) is 2. The number of rotatable bonds is 4. The van der Waals surface area contributed by atoms with Crippen molar-refractivity contribution in [2.45, 2.75) is 6.42 Å². The Kier molecular flexibility index (Phi) is 3.57. The molecule has 18 heavy (non-hydrogen) atoms. The molecule has 0 aromatic carbocycles. The molecule has 0 radical (unpaired) electrons. The van der Waals surface area contributed by atoms with Crippen LogP contribution in [0.25, 0.3) is 0 Å². The van der Waals surface area contributed by atoms with Crippen LogP contribution in [0.2, 0.25) is 0 Å². The molecule has 0 atom stereocenters. The van der Waals surface area contributed by atoms with Crippen molar-refractivity contribution in [2.75, 3.05) is 6.54 Å². The molecule has 0 bridgehead atoms. The van der Waals surface area contributed by atoms with Crippen molar-refractivity contribution in [1.82, 2.24) is 20.1 Å². The van der Waals surface area contributed by atoms with Crippen LogP contribution in [0.3, 0.4) is 0 Å². The van der Waals surface area contributed by atoms with Gasteiger partial charge in [0.05, 0.1) is 0 Å². The predicted octanol–water partition coefficient (Wildman–Crippen LogP) is 0.0809. The monoisotopic (exact) mass is 246 g/mol. The van der Waals surface area contributed by atoms with Crippen LogP contribution in [0.4, 0.5) is 0 Å². The third-order valence-corrected chi connectivity index (χ3v) is 2.60. The molecule has 0 saturated heterocycles. The minimum absolute atomic E-state index is 0.271. The van der Waals surface area contributed by atoms with E-state index in [1.807, 2.05) is 13.1 Å². The quantitative estimate of drug-likeness (QED) is 0.801. The van der Waals surface area contributed by atoms with Gasteiger partial charge in [-0.2, -0.15) is 5.10 Å². The molecule has 6 heteroatoms. The van der Waals surface area contributed by atoms with Crippen LogP contribution in [0, 0.1) is 0 Å². The van der Waals surface area contributed by atoms with Crippen molar-refractivity contribution in [1.29, 1.82) is 0 Å². The first kappa shape index (κ1) is 12.1. The fourth-order valence-electron chi connectivity index (χ4n) is 1.63. The Morgan fingerprint density at radius 2 is 2.28 bits per heavy atom. The van der Waals surface area contributed by atoms with E-state index < -0.39 is 0 Å². The minimum atomic E-state index is -0.283. The zero-order valence-electron chi connectivity index (χ0n) is 10.0. The van der Waals surface area contributed by atoms with E-state index in [1.54, 1.807) is 23.0 Å². The normalized spacial score (nSPS) is 10.3. The maximum atomic E-state index is 11.7. The summed E-state index contributed by atoms with van der Waals surface area (Å²) in [5.41, 5.74) is 1.03.